The van der Waals surface area contributed by atoms with Crippen LogP contribution >= 0.6 is 0 Å². The second-order valence-corrected chi connectivity index (χ2v) is 13.4. The van der Waals surface area contributed by atoms with Crippen LogP contribution in [0.1, 0.15) is 89.0 Å². The average molecular weight is 543 g/mol. The van der Waals surface area contributed by atoms with Gasteiger partial charge in [-0.2, -0.15) is 0 Å². The number of alkyl halides is 1. The van der Waals surface area contributed by atoms with E-state index in [1.54, 1.807) is 0 Å². The van der Waals surface area contributed by atoms with E-state index in [0.29, 0.717) is 38.9 Å². The summed E-state index contributed by atoms with van der Waals surface area (Å²) in [6.45, 7) is 3.31. The predicted octanol–water partition coefficient (Wildman–Crippen LogP) is 5.56. The van der Waals surface area contributed by atoms with Gasteiger partial charge in [0.25, 0.3) is 0 Å². The minimum atomic E-state index is -1.30. The van der Waals surface area contributed by atoms with Crippen molar-refractivity contribution in [1.82, 2.24) is 0 Å². The molecular weight excluding hydrogens is 499 g/mol. The van der Waals surface area contributed by atoms with Crippen LogP contribution in [0.25, 0.3) is 0 Å². The van der Waals surface area contributed by atoms with Gasteiger partial charge >= 0.3 is 0 Å². The van der Waals surface area contributed by atoms with Gasteiger partial charge in [0.15, 0.2) is 12.1 Å². The first-order valence-corrected chi connectivity index (χ1v) is 15.2. The SMILES string of the molecule is C[C@]12C[C@H](c3ccc(OC4CCCCO4)cc3)C3=C4CCC5(C[C@]4(O)CC[C@H]3[C@@H]1CC[C@@]2(O)CF)OCCO5. The van der Waals surface area contributed by atoms with Crippen molar-refractivity contribution in [1.29, 1.82) is 0 Å². The Kier molecular flexibility index (Phi) is 6.44. The molecule has 3 saturated carbocycles. The van der Waals surface area contributed by atoms with Crippen molar-refractivity contribution in [2.24, 2.45) is 17.3 Å². The molecule has 0 amide bonds. The molecule has 6 nitrogen and oxygen atoms in total. The first-order chi connectivity index (χ1) is 18.8. The minimum absolute atomic E-state index is 0.00805. The first-order valence-electron chi connectivity index (χ1n) is 15.2. The highest BCUT2D eigenvalue weighted by molar-refractivity contribution is 5.45. The summed E-state index contributed by atoms with van der Waals surface area (Å²) in [5.74, 6) is 0.565. The molecule has 4 aliphatic carbocycles. The van der Waals surface area contributed by atoms with Crippen LogP contribution in [0.3, 0.4) is 0 Å². The minimum Gasteiger partial charge on any atom is -0.465 e. The van der Waals surface area contributed by atoms with Gasteiger partial charge in [-0.3, -0.25) is 0 Å². The highest BCUT2D eigenvalue weighted by Gasteiger charge is 2.64. The Morgan fingerprint density at radius 2 is 1.77 bits per heavy atom. The summed E-state index contributed by atoms with van der Waals surface area (Å²) >= 11 is 0. The van der Waals surface area contributed by atoms with E-state index in [-0.39, 0.29) is 24.0 Å². The Bertz CT molecular complexity index is 1110. The lowest BCUT2D eigenvalue weighted by Crippen LogP contribution is -2.56. The Morgan fingerprint density at radius 1 is 0.974 bits per heavy atom. The van der Waals surface area contributed by atoms with Crippen LogP contribution in [0.5, 0.6) is 5.75 Å². The summed E-state index contributed by atoms with van der Waals surface area (Å²) < 4.78 is 38.4. The van der Waals surface area contributed by atoms with Crippen molar-refractivity contribution in [2.45, 2.75) is 107 Å². The maximum atomic E-state index is 14.5. The second-order valence-electron chi connectivity index (χ2n) is 13.4. The number of hydrogen-bond acceptors (Lipinski definition) is 6. The highest BCUT2D eigenvalue weighted by atomic mass is 19.1. The van der Waals surface area contributed by atoms with Gasteiger partial charge in [0.05, 0.1) is 31.0 Å². The summed E-state index contributed by atoms with van der Waals surface area (Å²) in [6.07, 6.45) is 8.36. The quantitative estimate of drug-likeness (QED) is 0.485. The molecule has 0 aromatic heterocycles. The van der Waals surface area contributed by atoms with Gasteiger partial charge in [-0.25, -0.2) is 4.39 Å². The maximum Gasteiger partial charge on any atom is 0.199 e. The number of aliphatic hydroxyl groups is 2. The standard InChI is InChI=1S/C32H43FO6/c1-29-18-24(21-5-7-22(8-6-21)39-27-4-2-3-15-36-27)28-23(25(29)10-13-31(29,35)20-33)9-12-30(34)19-32(14-11-26(28)30)37-16-17-38-32/h5-8,23-25,27,34-35H,2-4,9-20H2,1H3/t23-,24+,25-,27?,29-,30+,31+/m0/s1. The van der Waals surface area contributed by atoms with Crippen molar-refractivity contribution in [2.75, 3.05) is 26.5 Å². The van der Waals surface area contributed by atoms with Gasteiger partial charge in [-0.05, 0) is 86.5 Å². The zero-order chi connectivity index (χ0) is 26.9. The molecule has 7 atom stereocenters. The molecule has 1 spiro atoms. The van der Waals surface area contributed by atoms with E-state index in [2.05, 4.69) is 19.1 Å². The maximum absolute atomic E-state index is 14.5. The van der Waals surface area contributed by atoms with Crippen LogP contribution in [0.2, 0.25) is 0 Å². The number of hydrogen-bond donors (Lipinski definition) is 2. The Balaban J connectivity index is 1.27. The van der Waals surface area contributed by atoms with E-state index >= 15 is 0 Å². The van der Waals surface area contributed by atoms with Crippen molar-refractivity contribution in [3.63, 3.8) is 0 Å². The number of ether oxygens (including phenoxy) is 4. The van der Waals surface area contributed by atoms with E-state index in [4.69, 9.17) is 18.9 Å². The third-order valence-electron chi connectivity index (χ3n) is 11.5. The summed E-state index contributed by atoms with van der Waals surface area (Å²) in [5, 5.41) is 23.7. The van der Waals surface area contributed by atoms with Gasteiger partial charge in [-0.1, -0.05) is 24.6 Å². The van der Waals surface area contributed by atoms with Gasteiger partial charge in [0, 0.05) is 30.6 Å². The number of benzene rings is 1. The van der Waals surface area contributed by atoms with Crippen LogP contribution < -0.4 is 4.74 Å². The lowest BCUT2D eigenvalue weighted by Gasteiger charge is -2.57. The monoisotopic (exact) mass is 542 g/mol. The molecule has 7 heteroatoms. The number of allylic oxidation sites excluding steroid dienone is 1. The topological polar surface area (TPSA) is 77.4 Å². The van der Waals surface area contributed by atoms with Gasteiger partial charge in [0.2, 0.25) is 0 Å². The van der Waals surface area contributed by atoms with E-state index in [9.17, 15) is 14.6 Å². The lowest BCUT2D eigenvalue weighted by atomic mass is 9.49. The average Bonchev–Trinajstić information content (AvgIpc) is 3.50. The fraction of sp³-hybridized carbons (Fsp3) is 0.750. The van der Waals surface area contributed by atoms with Crippen LogP contribution in [0, 0.1) is 17.3 Å². The molecule has 2 heterocycles. The molecule has 5 fully saturated rings. The molecule has 1 aromatic carbocycles. The summed E-state index contributed by atoms with van der Waals surface area (Å²) in [6, 6.07) is 8.29. The number of rotatable bonds is 4. The van der Waals surface area contributed by atoms with Crippen molar-refractivity contribution >= 4 is 0 Å². The molecule has 1 unspecified atom stereocenters. The van der Waals surface area contributed by atoms with E-state index in [1.807, 2.05) is 12.1 Å². The van der Waals surface area contributed by atoms with E-state index < -0.39 is 29.1 Å². The normalized spacial score (nSPS) is 43.2. The van der Waals surface area contributed by atoms with Crippen molar-refractivity contribution < 1.29 is 33.6 Å². The molecule has 1 aromatic rings. The van der Waals surface area contributed by atoms with Crippen LogP contribution in [0.4, 0.5) is 4.39 Å². The smallest absolute Gasteiger partial charge is 0.199 e. The number of fused-ring (bicyclic) bond motifs is 4. The van der Waals surface area contributed by atoms with Crippen molar-refractivity contribution in [3.8, 4) is 5.75 Å². The van der Waals surface area contributed by atoms with E-state index in [1.165, 1.54) is 5.57 Å². The first kappa shape index (κ1) is 26.4. The molecule has 6 aliphatic rings. The Hall–Kier alpha value is -1.51. The van der Waals surface area contributed by atoms with Crippen LogP contribution in [0.15, 0.2) is 35.4 Å². The fourth-order valence-corrected chi connectivity index (χ4v) is 9.36. The van der Waals surface area contributed by atoms with Crippen LogP contribution in [-0.4, -0.2) is 60.0 Å². The molecule has 214 valence electrons. The molecule has 0 radical (unpaired) electrons. The molecule has 2 N–H and O–H groups in total. The summed E-state index contributed by atoms with van der Waals surface area (Å²) in [4.78, 5) is 0. The van der Waals surface area contributed by atoms with Crippen molar-refractivity contribution in [3.05, 3.63) is 41.0 Å². The summed E-state index contributed by atoms with van der Waals surface area (Å²) in [5.41, 5.74) is 0.869. The van der Waals surface area contributed by atoms with Gasteiger partial charge in [-0.15, -0.1) is 0 Å². The lowest BCUT2D eigenvalue weighted by molar-refractivity contribution is -0.208. The Labute approximate surface area is 230 Å². The Morgan fingerprint density at radius 3 is 2.49 bits per heavy atom. The largest absolute Gasteiger partial charge is 0.465 e. The van der Waals surface area contributed by atoms with E-state index in [0.717, 1.165) is 68.4 Å². The predicted molar refractivity (Wildman–Crippen MR) is 143 cm³/mol. The zero-order valence-electron chi connectivity index (χ0n) is 23.1. The highest BCUT2D eigenvalue weighted by Crippen LogP contribution is 2.68. The number of halogens is 1. The molecule has 2 saturated heterocycles. The van der Waals surface area contributed by atoms with Gasteiger partial charge < -0.3 is 29.2 Å². The fourth-order valence-electron chi connectivity index (χ4n) is 9.36. The van der Waals surface area contributed by atoms with Gasteiger partial charge in [0.1, 0.15) is 12.4 Å². The third kappa shape index (κ3) is 4.13. The summed E-state index contributed by atoms with van der Waals surface area (Å²) in [7, 11) is 0. The molecule has 39 heavy (non-hydrogen) atoms. The molecular formula is C32H43FO6. The zero-order valence-corrected chi connectivity index (χ0v) is 23.1. The molecule has 0 bridgehead atoms. The molecule has 7 rings (SSSR count). The van der Waals surface area contributed by atoms with Crippen LogP contribution in [-0.2, 0) is 14.2 Å². The third-order valence-corrected chi connectivity index (χ3v) is 11.5. The second kappa shape index (κ2) is 9.52. The molecule has 2 aliphatic heterocycles.